The van der Waals surface area contributed by atoms with Crippen LogP contribution in [0.1, 0.15) is 11.1 Å². The van der Waals surface area contributed by atoms with E-state index in [4.69, 9.17) is 9.47 Å². The number of thioether (sulfide) groups is 1. The molecule has 2 aromatic rings. The molecule has 2 aliphatic heterocycles. The van der Waals surface area contributed by atoms with Gasteiger partial charge in [-0.3, -0.25) is 19.3 Å². The van der Waals surface area contributed by atoms with E-state index in [1.807, 2.05) is 0 Å². The minimum atomic E-state index is -0.523. The maximum absolute atomic E-state index is 13.9. The van der Waals surface area contributed by atoms with Gasteiger partial charge in [0.25, 0.3) is 11.1 Å². The number of benzene rings is 2. The molecule has 0 unspecified atom stereocenters. The number of morpholine rings is 1. The second-order valence-corrected chi connectivity index (χ2v) is 8.17. The van der Waals surface area contributed by atoms with Crippen LogP contribution in [0.25, 0.3) is 6.08 Å². The number of carbonyl (C=O) groups excluding carboxylic acids is 3. The molecule has 2 aliphatic rings. The lowest BCUT2D eigenvalue weighted by Crippen LogP contribution is -2.46. The molecular formula is C23H21FN2O5S. The number of rotatable bonds is 6. The molecule has 7 nitrogen and oxygen atoms in total. The van der Waals surface area contributed by atoms with Gasteiger partial charge in [0.15, 0.2) is 0 Å². The lowest BCUT2D eigenvalue weighted by molar-refractivity contribution is -0.139. The van der Waals surface area contributed by atoms with Gasteiger partial charge in [-0.1, -0.05) is 36.4 Å². The molecular weight excluding hydrogens is 435 g/mol. The van der Waals surface area contributed by atoms with Gasteiger partial charge in [0.05, 0.1) is 18.1 Å². The summed E-state index contributed by atoms with van der Waals surface area (Å²) in [6, 6.07) is 13.3. The third-order valence-corrected chi connectivity index (χ3v) is 5.98. The SMILES string of the molecule is O=C(CN1C(=O)S/C(=C/c2ccccc2OCc2ccccc2F)C1=O)N1CCOCC1. The Labute approximate surface area is 188 Å². The molecule has 0 saturated carbocycles. The molecule has 0 N–H and O–H groups in total. The number of hydrogen-bond donors (Lipinski definition) is 0. The van der Waals surface area contributed by atoms with E-state index in [1.165, 1.54) is 6.07 Å². The van der Waals surface area contributed by atoms with Gasteiger partial charge in [-0.2, -0.15) is 0 Å². The largest absolute Gasteiger partial charge is 0.488 e. The molecule has 0 radical (unpaired) electrons. The number of imide groups is 1. The minimum absolute atomic E-state index is 0.0209. The zero-order chi connectivity index (χ0) is 22.5. The first-order valence-corrected chi connectivity index (χ1v) is 10.9. The first-order valence-electron chi connectivity index (χ1n) is 10.1. The fraction of sp³-hybridized carbons (Fsp3) is 0.261. The van der Waals surface area contributed by atoms with Crippen molar-refractivity contribution in [1.29, 1.82) is 0 Å². The molecule has 166 valence electrons. The summed E-state index contributed by atoms with van der Waals surface area (Å²) in [5.74, 6) is -0.723. The maximum atomic E-state index is 13.9. The van der Waals surface area contributed by atoms with E-state index < -0.39 is 11.1 Å². The first kappa shape index (κ1) is 22.0. The Balaban J connectivity index is 1.47. The normalized spacial score (nSPS) is 17.8. The number of hydrogen-bond acceptors (Lipinski definition) is 6. The molecule has 3 amide bonds. The first-order chi connectivity index (χ1) is 15.5. The topological polar surface area (TPSA) is 76.2 Å². The predicted octanol–water partition coefficient (Wildman–Crippen LogP) is 3.30. The van der Waals surface area contributed by atoms with Crippen LogP contribution in [-0.2, 0) is 20.9 Å². The van der Waals surface area contributed by atoms with E-state index in [9.17, 15) is 18.8 Å². The molecule has 2 heterocycles. The Kier molecular flexibility index (Phi) is 6.87. The van der Waals surface area contributed by atoms with E-state index in [2.05, 4.69) is 0 Å². The third kappa shape index (κ3) is 5.00. The highest BCUT2D eigenvalue weighted by atomic mass is 32.2. The van der Waals surface area contributed by atoms with Gasteiger partial charge < -0.3 is 14.4 Å². The standard InChI is InChI=1S/C23H21FN2O5S/c24-18-7-3-1-6-17(18)15-31-19-8-4-2-5-16(19)13-20-22(28)26(23(29)32-20)14-21(27)25-9-11-30-12-10-25/h1-8,13H,9-12,14-15H2/b20-13+. The van der Waals surface area contributed by atoms with E-state index >= 15 is 0 Å². The Morgan fingerprint density at radius 2 is 1.81 bits per heavy atom. The van der Waals surface area contributed by atoms with Crippen LogP contribution in [0.15, 0.2) is 53.4 Å². The Hall–Kier alpha value is -3.17. The molecule has 0 spiro atoms. The van der Waals surface area contributed by atoms with Gasteiger partial charge in [0, 0.05) is 24.2 Å². The highest BCUT2D eigenvalue weighted by Crippen LogP contribution is 2.34. The second-order valence-electron chi connectivity index (χ2n) is 7.18. The molecule has 2 aromatic carbocycles. The number of nitrogens with zero attached hydrogens (tertiary/aromatic N) is 2. The average Bonchev–Trinajstić information content (AvgIpc) is 3.07. The Morgan fingerprint density at radius 1 is 1.09 bits per heavy atom. The van der Waals surface area contributed by atoms with E-state index in [-0.39, 0.29) is 29.8 Å². The zero-order valence-corrected chi connectivity index (χ0v) is 18.0. The van der Waals surface area contributed by atoms with Crippen LogP contribution in [0.2, 0.25) is 0 Å². The van der Waals surface area contributed by atoms with E-state index in [1.54, 1.807) is 53.4 Å². The Morgan fingerprint density at radius 3 is 2.59 bits per heavy atom. The molecule has 9 heteroatoms. The zero-order valence-electron chi connectivity index (χ0n) is 17.2. The van der Waals surface area contributed by atoms with Crippen molar-refractivity contribution in [3.63, 3.8) is 0 Å². The number of amides is 3. The lowest BCUT2D eigenvalue weighted by Gasteiger charge is -2.28. The molecule has 2 fully saturated rings. The van der Waals surface area contributed by atoms with Gasteiger partial charge in [-0.25, -0.2) is 4.39 Å². The summed E-state index contributed by atoms with van der Waals surface area (Å²) in [5, 5.41) is -0.493. The third-order valence-electron chi connectivity index (χ3n) is 5.08. The highest BCUT2D eigenvalue weighted by Gasteiger charge is 2.37. The molecule has 32 heavy (non-hydrogen) atoms. The molecule has 0 aliphatic carbocycles. The van der Waals surface area contributed by atoms with Crippen LogP contribution < -0.4 is 4.74 Å². The second kappa shape index (κ2) is 9.97. The number of para-hydroxylation sites is 1. The fourth-order valence-corrected chi connectivity index (χ4v) is 4.16. The van der Waals surface area contributed by atoms with Crippen molar-refractivity contribution in [3.8, 4) is 5.75 Å². The summed E-state index contributed by atoms with van der Waals surface area (Å²) < 4.78 is 24.9. The summed E-state index contributed by atoms with van der Waals surface area (Å²) in [6.45, 7) is 1.49. The maximum Gasteiger partial charge on any atom is 0.294 e. The number of carbonyl (C=O) groups is 3. The van der Waals surface area contributed by atoms with Gasteiger partial charge >= 0.3 is 0 Å². The van der Waals surface area contributed by atoms with Crippen molar-refractivity contribution in [2.45, 2.75) is 6.61 Å². The monoisotopic (exact) mass is 456 g/mol. The number of halogens is 1. The van der Waals surface area contributed by atoms with Crippen LogP contribution in [0.3, 0.4) is 0 Å². The summed E-state index contributed by atoms with van der Waals surface area (Å²) in [6.07, 6.45) is 1.56. The fourth-order valence-electron chi connectivity index (χ4n) is 3.33. The van der Waals surface area contributed by atoms with Gasteiger partial charge in [0.1, 0.15) is 24.7 Å². The van der Waals surface area contributed by atoms with Crippen LogP contribution in [0.4, 0.5) is 9.18 Å². The van der Waals surface area contributed by atoms with Crippen molar-refractivity contribution >= 4 is 34.9 Å². The summed E-state index contributed by atoms with van der Waals surface area (Å²) in [5.41, 5.74) is 0.984. The van der Waals surface area contributed by atoms with Gasteiger partial charge in [-0.15, -0.1) is 0 Å². The molecule has 4 rings (SSSR count). The van der Waals surface area contributed by atoms with Crippen molar-refractivity contribution in [2.24, 2.45) is 0 Å². The van der Waals surface area contributed by atoms with Gasteiger partial charge in [0.2, 0.25) is 5.91 Å². The van der Waals surface area contributed by atoms with Crippen molar-refractivity contribution in [3.05, 3.63) is 70.4 Å². The smallest absolute Gasteiger partial charge is 0.294 e. The lowest BCUT2D eigenvalue weighted by atomic mass is 10.1. The van der Waals surface area contributed by atoms with Crippen LogP contribution in [0, 0.1) is 5.82 Å². The minimum Gasteiger partial charge on any atom is -0.488 e. The highest BCUT2D eigenvalue weighted by molar-refractivity contribution is 8.18. The summed E-state index contributed by atoms with van der Waals surface area (Å²) in [7, 11) is 0. The molecule has 0 atom stereocenters. The molecule has 0 bridgehead atoms. The molecule has 0 aromatic heterocycles. The van der Waals surface area contributed by atoms with Crippen molar-refractivity contribution < 1.29 is 28.2 Å². The predicted molar refractivity (Wildman–Crippen MR) is 117 cm³/mol. The van der Waals surface area contributed by atoms with E-state index in [0.29, 0.717) is 43.2 Å². The van der Waals surface area contributed by atoms with Crippen LogP contribution >= 0.6 is 11.8 Å². The summed E-state index contributed by atoms with van der Waals surface area (Å²) in [4.78, 5) is 40.4. The Bertz CT molecular complexity index is 1070. The summed E-state index contributed by atoms with van der Waals surface area (Å²) >= 11 is 0.778. The number of ether oxygens (including phenoxy) is 2. The van der Waals surface area contributed by atoms with Crippen LogP contribution in [-0.4, -0.2) is 59.7 Å². The van der Waals surface area contributed by atoms with Gasteiger partial charge in [-0.05, 0) is 30.0 Å². The quantitative estimate of drug-likeness (QED) is 0.621. The van der Waals surface area contributed by atoms with E-state index in [0.717, 1.165) is 16.7 Å². The average molecular weight is 456 g/mol. The van der Waals surface area contributed by atoms with Crippen molar-refractivity contribution in [1.82, 2.24) is 9.80 Å². The molecule has 2 saturated heterocycles. The van der Waals surface area contributed by atoms with Crippen molar-refractivity contribution in [2.75, 3.05) is 32.8 Å². The van der Waals surface area contributed by atoms with Crippen LogP contribution in [0.5, 0.6) is 5.75 Å².